The summed E-state index contributed by atoms with van der Waals surface area (Å²) >= 11 is 0. The Hall–Kier alpha value is -0.610. The minimum atomic E-state index is -0.0738. The number of rotatable bonds is 3. The lowest BCUT2D eigenvalue weighted by molar-refractivity contribution is -0.122. The van der Waals surface area contributed by atoms with Gasteiger partial charge in [-0.15, -0.1) is 0 Å². The van der Waals surface area contributed by atoms with Crippen LogP contribution >= 0.6 is 0 Å². The molecule has 1 amide bonds. The molecule has 0 aromatic rings. The van der Waals surface area contributed by atoms with Crippen molar-refractivity contribution >= 4 is 5.91 Å². The van der Waals surface area contributed by atoms with Crippen molar-refractivity contribution in [1.82, 2.24) is 10.3 Å². The number of hydrogen-bond donors (Lipinski definition) is 2. The lowest BCUT2D eigenvalue weighted by Gasteiger charge is -2.37. The Balaban J connectivity index is 2.41. The highest BCUT2D eigenvalue weighted by atomic mass is 16.2. The van der Waals surface area contributed by atoms with Gasteiger partial charge >= 0.3 is 0 Å². The summed E-state index contributed by atoms with van der Waals surface area (Å²) in [4.78, 5) is 13.5. The molecule has 4 nitrogen and oxygen atoms in total. The summed E-state index contributed by atoms with van der Waals surface area (Å²) in [7, 11) is 0. The van der Waals surface area contributed by atoms with Gasteiger partial charge in [0.2, 0.25) is 5.91 Å². The highest BCUT2D eigenvalue weighted by Gasteiger charge is 2.24. The maximum atomic E-state index is 11.1. The van der Waals surface area contributed by atoms with Crippen molar-refractivity contribution in [2.24, 2.45) is 5.84 Å². The minimum Gasteiger partial charge on any atom is -0.297 e. The van der Waals surface area contributed by atoms with Crippen LogP contribution in [0.15, 0.2) is 0 Å². The first-order valence-electron chi connectivity index (χ1n) is 5.40. The molecule has 0 bridgehead atoms. The molecule has 0 aliphatic carbocycles. The third kappa shape index (κ3) is 2.96. The smallest absolute Gasteiger partial charge is 0.235 e. The standard InChI is InChI=1S/C10H21N3O/c1-8-5-3-4-6-13(8)9(2)7-10(14)12-11/h8-9H,3-7,11H2,1-2H3,(H,12,14). The van der Waals surface area contributed by atoms with Gasteiger partial charge in [-0.05, 0) is 33.2 Å². The van der Waals surface area contributed by atoms with Crippen molar-refractivity contribution < 1.29 is 4.79 Å². The van der Waals surface area contributed by atoms with Crippen LogP contribution in [0.5, 0.6) is 0 Å². The van der Waals surface area contributed by atoms with E-state index in [0.29, 0.717) is 18.5 Å². The lowest BCUT2D eigenvalue weighted by Crippen LogP contribution is -2.46. The summed E-state index contributed by atoms with van der Waals surface area (Å²) in [5.74, 6) is 4.99. The molecule has 2 unspecified atom stereocenters. The Labute approximate surface area is 85.8 Å². The maximum Gasteiger partial charge on any atom is 0.235 e. The summed E-state index contributed by atoms with van der Waals surface area (Å²) in [6.45, 7) is 5.44. The van der Waals surface area contributed by atoms with Gasteiger partial charge in [0.05, 0.1) is 0 Å². The number of carbonyl (C=O) groups is 1. The Morgan fingerprint density at radius 2 is 2.36 bits per heavy atom. The zero-order valence-corrected chi connectivity index (χ0v) is 9.12. The fraction of sp³-hybridized carbons (Fsp3) is 0.900. The highest BCUT2D eigenvalue weighted by molar-refractivity contribution is 5.75. The fourth-order valence-electron chi connectivity index (χ4n) is 2.22. The van der Waals surface area contributed by atoms with Gasteiger partial charge in [0.25, 0.3) is 0 Å². The van der Waals surface area contributed by atoms with E-state index in [2.05, 4.69) is 24.2 Å². The van der Waals surface area contributed by atoms with Gasteiger partial charge in [-0.1, -0.05) is 6.42 Å². The maximum absolute atomic E-state index is 11.1. The van der Waals surface area contributed by atoms with Crippen LogP contribution in [0.4, 0.5) is 0 Å². The Morgan fingerprint density at radius 3 is 2.93 bits per heavy atom. The fourth-order valence-corrected chi connectivity index (χ4v) is 2.22. The summed E-state index contributed by atoms with van der Waals surface area (Å²) in [5.41, 5.74) is 2.18. The molecule has 0 spiro atoms. The summed E-state index contributed by atoms with van der Waals surface area (Å²) < 4.78 is 0. The molecule has 0 saturated carbocycles. The number of nitrogens with zero attached hydrogens (tertiary/aromatic N) is 1. The van der Waals surface area contributed by atoms with Crippen molar-refractivity contribution in [2.75, 3.05) is 6.54 Å². The van der Waals surface area contributed by atoms with Crippen molar-refractivity contribution in [3.05, 3.63) is 0 Å². The van der Waals surface area contributed by atoms with Gasteiger partial charge < -0.3 is 0 Å². The molecule has 1 aliphatic rings. The summed E-state index contributed by atoms with van der Waals surface area (Å²) in [5, 5.41) is 0. The molecular weight excluding hydrogens is 178 g/mol. The quantitative estimate of drug-likeness (QED) is 0.398. The molecule has 3 N–H and O–H groups in total. The topological polar surface area (TPSA) is 58.4 Å². The number of nitrogens with two attached hydrogens (primary N) is 1. The number of likely N-dealkylation sites (tertiary alicyclic amines) is 1. The Kier molecular flexibility index (Phi) is 4.35. The molecular formula is C10H21N3O. The number of nitrogens with one attached hydrogen (secondary N) is 1. The predicted octanol–water partition coefficient (Wildman–Crippen LogP) is 0.629. The second-order valence-corrected chi connectivity index (χ2v) is 4.20. The van der Waals surface area contributed by atoms with Crippen molar-refractivity contribution in [3.8, 4) is 0 Å². The first-order valence-corrected chi connectivity index (χ1v) is 5.40. The lowest BCUT2D eigenvalue weighted by atomic mass is 10.0. The number of hydrazine groups is 1. The van der Waals surface area contributed by atoms with Gasteiger partial charge in [0.15, 0.2) is 0 Å². The van der Waals surface area contributed by atoms with Crippen LogP contribution in [-0.2, 0) is 4.79 Å². The first kappa shape index (κ1) is 11.5. The van der Waals surface area contributed by atoms with E-state index in [4.69, 9.17) is 5.84 Å². The van der Waals surface area contributed by atoms with E-state index in [1.165, 1.54) is 19.3 Å². The van der Waals surface area contributed by atoms with Gasteiger partial charge in [-0.25, -0.2) is 5.84 Å². The third-order valence-electron chi connectivity index (χ3n) is 3.06. The van der Waals surface area contributed by atoms with Crippen LogP contribution in [0.1, 0.15) is 39.5 Å². The van der Waals surface area contributed by atoms with Crippen LogP contribution in [0.25, 0.3) is 0 Å². The second-order valence-electron chi connectivity index (χ2n) is 4.20. The second kappa shape index (κ2) is 5.32. The zero-order chi connectivity index (χ0) is 10.6. The van der Waals surface area contributed by atoms with E-state index < -0.39 is 0 Å². The van der Waals surface area contributed by atoms with E-state index in [-0.39, 0.29) is 5.91 Å². The van der Waals surface area contributed by atoms with E-state index in [1.54, 1.807) is 0 Å². The Morgan fingerprint density at radius 1 is 1.64 bits per heavy atom. The molecule has 1 fully saturated rings. The van der Waals surface area contributed by atoms with E-state index in [0.717, 1.165) is 6.54 Å². The van der Waals surface area contributed by atoms with Crippen LogP contribution in [0.2, 0.25) is 0 Å². The van der Waals surface area contributed by atoms with E-state index in [1.807, 2.05) is 0 Å². The average Bonchev–Trinajstić information content (AvgIpc) is 2.18. The molecule has 1 saturated heterocycles. The predicted molar refractivity (Wildman–Crippen MR) is 56.4 cm³/mol. The first-order chi connectivity index (χ1) is 6.65. The Bertz CT molecular complexity index is 196. The number of amides is 1. The SMILES string of the molecule is CC1CCCCN1C(C)CC(=O)NN. The van der Waals surface area contributed by atoms with Gasteiger partial charge in [0.1, 0.15) is 0 Å². The molecule has 1 heterocycles. The number of carbonyl (C=O) groups excluding carboxylic acids is 1. The van der Waals surface area contributed by atoms with Crippen LogP contribution in [0, 0.1) is 0 Å². The van der Waals surface area contributed by atoms with E-state index >= 15 is 0 Å². The molecule has 0 aromatic heterocycles. The molecule has 0 radical (unpaired) electrons. The van der Waals surface area contributed by atoms with Crippen molar-refractivity contribution in [2.45, 2.75) is 51.6 Å². The van der Waals surface area contributed by atoms with Crippen LogP contribution in [0.3, 0.4) is 0 Å². The normalized spacial score (nSPS) is 25.8. The molecule has 0 aromatic carbocycles. The van der Waals surface area contributed by atoms with Gasteiger partial charge in [-0.3, -0.25) is 15.1 Å². The summed E-state index contributed by atoms with van der Waals surface area (Å²) in [6.07, 6.45) is 4.31. The largest absolute Gasteiger partial charge is 0.297 e. The molecule has 14 heavy (non-hydrogen) atoms. The highest BCUT2D eigenvalue weighted by Crippen LogP contribution is 2.20. The molecule has 82 valence electrons. The molecule has 1 rings (SSSR count). The average molecular weight is 199 g/mol. The number of hydrogen-bond acceptors (Lipinski definition) is 3. The summed E-state index contributed by atoms with van der Waals surface area (Å²) in [6, 6.07) is 0.901. The zero-order valence-electron chi connectivity index (χ0n) is 9.12. The van der Waals surface area contributed by atoms with Gasteiger partial charge in [0, 0.05) is 18.5 Å². The van der Waals surface area contributed by atoms with Crippen molar-refractivity contribution in [1.29, 1.82) is 0 Å². The third-order valence-corrected chi connectivity index (χ3v) is 3.06. The van der Waals surface area contributed by atoms with E-state index in [9.17, 15) is 4.79 Å². The minimum absolute atomic E-state index is 0.0738. The molecule has 2 atom stereocenters. The monoisotopic (exact) mass is 199 g/mol. The van der Waals surface area contributed by atoms with Gasteiger partial charge in [-0.2, -0.15) is 0 Å². The molecule has 1 aliphatic heterocycles. The molecule has 4 heteroatoms. The number of piperidine rings is 1. The van der Waals surface area contributed by atoms with Crippen molar-refractivity contribution in [3.63, 3.8) is 0 Å². The van der Waals surface area contributed by atoms with Crippen LogP contribution < -0.4 is 11.3 Å². The van der Waals surface area contributed by atoms with Crippen LogP contribution in [-0.4, -0.2) is 29.4 Å².